The number of H-pyrrole nitrogens is 2. The standard InChI is InChI=1S/C19H14N6O3/c1-8-15-11(7-13(9-2-3-9)20-18(15)28-24-8)17-23-16(25-27-17)10-4-5-12-14(6-10)22-19(26)21-12/h4-7,9H,2-3H2,1H3,(H2,21,22,26). The first-order valence-corrected chi connectivity index (χ1v) is 8.99. The molecule has 1 aromatic carbocycles. The fourth-order valence-corrected chi connectivity index (χ4v) is 3.49. The Kier molecular flexibility index (Phi) is 2.94. The Labute approximate surface area is 156 Å². The molecule has 0 spiro atoms. The van der Waals surface area contributed by atoms with Gasteiger partial charge in [-0.1, -0.05) is 10.3 Å². The number of nitrogens with one attached hydrogen (secondary N) is 2. The molecule has 2 N–H and O–H groups in total. The van der Waals surface area contributed by atoms with Gasteiger partial charge in [0.2, 0.25) is 5.82 Å². The average molecular weight is 374 g/mol. The second-order valence-electron chi connectivity index (χ2n) is 7.08. The Morgan fingerprint density at radius 1 is 1.04 bits per heavy atom. The minimum absolute atomic E-state index is 0.254. The van der Waals surface area contributed by atoms with Crippen molar-refractivity contribution in [1.29, 1.82) is 0 Å². The first kappa shape index (κ1) is 15.3. The Hall–Kier alpha value is -3.75. The molecule has 1 saturated carbocycles. The van der Waals surface area contributed by atoms with Crippen LogP contribution in [-0.4, -0.2) is 30.2 Å². The Morgan fingerprint density at radius 2 is 1.89 bits per heavy atom. The zero-order valence-corrected chi connectivity index (χ0v) is 14.8. The summed E-state index contributed by atoms with van der Waals surface area (Å²) in [6.45, 7) is 1.86. The summed E-state index contributed by atoms with van der Waals surface area (Å²) in [6.07, 6.45) is 2.24. The van der Waals surface area contributed by atoms with Crippen molar-refractivity contribution >= 4 is 22.1 Å². The number of hydrogen-bond donors (Lipinski definition) is 2. The summed E-state index contributed by atoms with van der Waals surface area (Å²) in [4.78, 5) is 26.1. The van der Waals surface area contributed by atoms with Gasteiger partial charge >= 0.3 is 5.69 Å². The molecule has 1 fully saturated rings. The lowest BCUT2D eigenvalue weighted by molar-refractivity contribution is 0.432. The van der Waals surface area contributed by atoms with Crippen LogP contribution in [0.25, 0.3) is 45.0 Å². The molecule has 0 bridgehead atoms. The van der Waals surface area contributed by atoms with Gasteiger partial charge in [-0.3, -0.25) is 0 Å². The first-order chi connectivity index (χ1) is 13.7. The minimum Gasteiger partial charge on any atom is -0.336 e. The quantitative estimate of drug-likeness (QED) is 0.496. The van der Waals surface area contributed by atoms with Crippen molar-refractivity contribution in [1.82, 2.24) is 30.2 Å². The fourth-order valence-electron chi connectivity index (χ4n) is 3.49. The number of fused-ring (bicyclic) bond motifs is 2. The molecule has 1 aliphatic carbocycles. The predicted molar refractivity (Wildman–Crippen MR) is 99.7 cm³/mol. The van der Waals surface area contributed by atoms with Crippen LogP contribution in [0.4, 0.5) is 0 Å². The third kappa shape index (κ3) is 2.29. The van der Waals surface area contributed by atoms with Crippen molar-refractivity contribution in [3.05, 3.63) is 46.1 Å². The topological polar surface area (TPSA) is 126 Å². The van der Waals surface area contributed by atoms with Crippen LogP contribution in [0.15, 0.2) is 38.1 Å². The summed E-state index contributed by atoms with van der Waals surface area (Å²) >= 11 is 0. The maximum absolute atomic E-state index is 11.5. The maximum atomic E-state index is 11.5. The van der Waals surface area contributed by atoms with Crippen LogP contribution in [0, 0.1) is 6.92 Å². The summed E-state index contributed by atoms with van der Waals surface area (Å²) < 4.78 is 11.0. The molecule has 6 rings (SSSR count). The SMILES string of the molecule is Cc1noc2nc(C3CC3)cc(-c3nc(-c4ccc5[nH]c(=O)[nH]c5c4)no3)c12. The van der Waals surface area contributed by atoms with Crippen LogP contribution in [-0.2, 0) is 0 Å². The van der Waals surface area contributed by atoms with Gasteiger partial charge < -0.3 is 19.0 Å². The lowest BCUT2D eigenvalue weighted by atomic mass is 10.1. The Balaban J connectivity index is 1.50. The van der Waals surface area contributed by atoms with Gasteiger partial charge in [0.15, 0.2) is 0 Å². The molecule has 9 heteroatoms. The summed E-state index contributed by atoms with van der Waals surface area (Å²) in [6, 6.07) is 7.44. The van der Waals surface area contributed by atoms with Gasteiger partial charge in [0.25, 0.3) is 11.6 Å². The molecule has 28 heavy (non-hydrogen) atoms. The van der Waals surface area contributed by atoms with Gasteiger partial charge in [-0.05, 0) is 44.0 Å². The van der Waals surface area contributed by atoms with E-state index in [9.17, 15) is 4.79 Å². The number of aromatic nitrogens is 6. The molecule has 0 radical (unpaired) electrons. The fraction of sp³-hybridized carbons (Fsp3) is 0.211. The number of hydrogen-bond acceptors (Lipinski definition) is 7. The van der Waals surface area contributed by atoms with Gasteiger partial charge in [0.05, 0.1) is 27.7 Å². The van der Waals surface area contributed by atoms with Crippen LogP contribution < -0.4 is 5.69 Å². The van der Waals surface area contributed by atoms with Crippen LogP contribution in [0.3, 0.4) is 0 Å². The van der Waals surface area contributed by atoms with E-state index >= 15 is 0 Å². The second-order valence-corrected chi connectivity index (χ2v) is 7.08. The highest BCUT2D eigenvalue weighted by Gasteiger charge is 2.28. The normalized spacial score (nSPS) is 14.3. The monoisotopic (exact) mass is 374 g/mol. The third-order valence-corrected chi connectivity index (χ3v) is 5.06. The van der Waals surface area contributed by atoms with E-state index in [2.05, 4.69) is 30.2 Å². The van der Waals surface area contributed by atoms with Gasteiger partial charge in [0, 0.05) is 17.2 Å². The zero-order valence-electron chi connectivity index (χ0n) is 14.8. The number of pyridine rings is 1. The predicted octanol–water partition coefficient (Wildman–Crippen LogP) is 3.30. The van der Waals surface area contributed by atoms with E-state index in [1.165, 1.54) is 0 Å². The Bertz CT molecular complexity index is 1420. The molecule has 0 unspecified atom stereocenters. The van der Waals surface area contributed by atoms with E-state index in [0.717, 1.165) is 46.3 Å². The Morgan fingerprint density at radius 3 is 2.75 bits per heavy atom. The molecule has 138 valence electrons. The summed E-state index contributed by atoms with van der Waals surface area (Å²) in [5.74, 6) is 1.27. The molecule has 0 aliphatic heterocycles. The largest absolute Gasteiger partial charge is 0.336 e. The molecule has 0 saturated heterocycles. The summed E-state index contributed by atoms with van der Waals surface area (Å²) in [5.41, 5.74) is 4.86. The van der Waals surface area contributed by atoms with Gasteiger partial charge in [0.1, 0.15) is 0 Å². The average Bonchev–Trinajstić information content (AvgIpc) is 3.13. The second kappa shape index (κ2) is 5.38. The van der Waals surface area contributed by atoms with Crippen LogP contribution >= 0.6 is 0 Å². The summed E-state index contributed by atoms with van der Waals surface area (Å²) in [5, 5.41) is 8.95. The molecule has 4 heterocycles. The number of aromatic amines is 2. The van der Waals surface area contributed by atoms with Crippen molar-refractivity contribution < 1.29 is 9.05 Å². The molecule has 1 aliphatic rings. The van der Waals surface area contributed by atoms with Crippen molar-refractivity contribution in [3.8, 4) is 22.8 Å². The number of nitrogens with zero attached hydrogens (tertiary/aromatic N) is 4. The number of benzene rings is 1. The first-order valence-electron chi connectivity index (χ1n) is 8.99. The van der Waals surface area contributed by atoms with Crippen LogP contribution in [0.2, 0.25) is 0 Å². The molecular formula is C19H14N6O3. The number of imidazole rings is 1. The highest BCUT2D eigenvalue weighted by Crippen LogP contribution is 2.42. The lowest BCUT2D eigenvalue weighted by Gasteiger charge is -2.01. The van der Waals surface area contributed by atoms with E-state index in [1.807, 2.05) is 25.1 Å². The number of aryl methyl sites for hydroxylation is 1. The smallest absolute Gasteiger partial charge is 0.323 e. The molecule has 5 aromatic rings. The molecule has 0 amide bonds. The highest BCUT2D eigenvalue weighted by atomic mass is 16.5. The van der Waals surface area contributed by atoms with E-state index in [4.69, 9.17) is 9.05 Å². The molecule has 0 atom stereocenters. The van der Waals surface area contributed by atoms with Crippen LogP contribution in [0.1, 0.15) is 30.1 Å². The van der Waals surface area contributed by atoms with E-state index in [-0.39, 0.29) is 5.69 Å². The lowest BCUT2D eigenvalue weighted by Crippen LogP contribution is -1.99. The highest BCUT2D eigenvalue weighted by molar-refractivity contribution is 5.91. The molecule has 9 nitrogen and oxygen atoms in total. The zero-order chi connectivity index (χ0) is 18.8. The minimum atomic E-state index is -0.254. The number of rotatable bonds is 3. The van der Waals surface area contributed by atoms with Crippen molar-refractivity contribution in [2.75, 3.05) is 0 Å². The third-order valence-electron chi connectivity index (χ3n) is 5.06. The van der Waals surface area contributed by atoms with Gasteiger partial charge in [-0.25, -0.2) is 9.78 Å². The van der Waals surface area contributed by atoms with Crippen molar-refractivity contribution in [3.63, 3.8) is 0 Å². The maximum Gasteiger partial charge on any atom is 0.323 e. The van der Waals surface area contributed by atoms with Gasteiger partial charge in [-0.15, -0.1) is 0 Å². The van der Waals surface area contributed by atoms with Crippen molar-refractivity contribution in [2.24, 2.45) is 0 Å². The van der Waals surface area contributed by atoms with E-state index in [0.29, 0.717) is 28.9 Å². The van der Waals surface area contributed by atoms with Gasteiger partial charge in [-0.2, -0.15) is 4.98 Å². The molecule has 4 aromatic heterocycles. The van der Waals surface area contributed by atoms with E-state index in [1.54, 1.807) is 6.07 Å². The summed E-state index contributed by atoms with van der Waals surface area (Å²) in [7, 11) is 0. The van der Waals surface area contributed by atoms with Crippen LogP contribution in [0.5, 0.6) is 0 Å². The molecular weight excluding hydrogens is 360 g/mol. The van der Waals surface area contributed by atoms with Crippen molar-refractivity contribution in [2.45, 2.75) is 25.7 Å². The van der Waals surface area contributed by atoms with E-state index < -0.39 is 0 Å².